The summed E-state index contributed by atoms with van der Waals surface area (Å²) in [5, 5.41) is 0.121. The quantitative estimate of drug-likeness (QED) is 0.602. The SMILES string of the molecule is CC(=O)N1CC2(C1)C(=O)N(c1ccc(Cl)cc1F)CC(=O)N2[C@@H](C)c1ccc(C(F)(F)F)cc1. The Kier molecular flexibility index (Phi) is 5.83. The van der Waals surface area contributed by atoms with Crippen molar-refractivity contribution in [3.63, 3.8) is 0 Å². The summed E-state index contributed by atoms with van der Waals surface area (Å²) in [6.45, 7) is 2.24. The summed E-state index contributed by atoms with van der Waals surface area (Å²) in [6.07, 6.45) is -4.51. The summed E-state index contributed by atoms with van der Waals surface area (Å²) < 4.78 is 53.5. The molecule has 0 aromatic heterocycles. The standard InChI is InChI=1S/C23H20ClF4N3O3/c1-13(15-3-5-16(6-4-15)23(26,27)28)31-20(33)10-30(19-8-7-17(24)9-18(19)25)21(34)22(31)11-29(12-22)14(2)32/h3-9,13H,10-12H2,1-2H3/t13-/m0/s1. The number of carbonyl (C=O) groups excluding carboxylic acids is 3. The number of amides is 3. The maximum absolute atomic E-state index is 14.6. The van der Waals surface area contributed by atoms with Crippen LogP contribution in [0.4, 0.5) is 23.2 Å². The third kappa shape index (κ3) is 3.89. The molecule has 11 heteroatoms. The molecule has 2 fully saturated rings. The highest BCUT2D eigenvalue weighted by Gasteiger charge is 2.61. The van der Waals surface area contributed by atoms with Gasteiger partial charge in [0.2, 0.25) is 11.8 Å². The van der Waals surface area contributed by atoms with Gasteiger partial charge in [0, 0.05) is 11.9 Å². The van der Waals surface area contributed by atoms with Gasteiger partial charge in [0.25, 0.3) is 5.91 Å². The number of benzene rings is 2. The number of hydrogen-bond donors (Lipinski definition) is 0. The number of anilines is 1. The fourth-order valence-corrected chi connectivity index (χ4v) is 4.71. The number of likely N-dealkylation sites (tertiary alicyclic amines) is 1. The Bertz CT molecular complexity index is 1160. The first-order valence-corrected chi connectivity index (χ1v) is 10.7. The summed E-state index contributed by atoms with van der Waals surface area (Å²) in [5.74, 6) is -2.19. The van der Waals surface area contributed by atoms with Crippen LogP contribution >= 0.6 is 11.6 Å². The molecule has 0 bridgehead atoms. The van der Waals surface area contributed by atoms with Crippen LogP contribution in [0.3, 0.4) is 0 Å². The molecule has 6 nitrogen and oxygen atoms in total. The Hall–Kier alpha value is -3.14. The van der Waals surface area contributed by atoms with E-state index in [0.29, 0.717) is 5.56 Å². The molecule has 2 aliphatic heterocycles. The largest absolute Gasteiger partial charge is 0.416 e. The molecule has 0 unspecified atom stereocenters. The van der Waals surface area contributed by atoms with Gasteiger partial charge >= 0.3 is 6.18 Å². The lowest BCUT2D eigenvalue weighted by Gasteiger charge is -2.59. The predicted octanol–water partition coefficient (Wildman–Crippen LogP) is 4.04. The Morgan fingerprint density at radius 3 is 2.24 bits per heavy atom. The van der Waals surface area contributed by atoms with E-state index in [4.69, 9.17) is 11.6 Å². The van der Waals surface area contributed by atoms with Gasteiger partial charge in [0.05, 0.1) is 30.4 Å². The second-order valence-electron chi connectivity index (χ2n) is 8.45. The monoisotopic (exact) mass is 497 g/mol. The lowest BCUT2D eigenvalue weighted by Crippen LogP contribution is -2.81. The zero-order valence-electron chi connectivity index (χ0n) is 18.2. The van der Waals surface area contributed by atoms with Crippen molar-refractivity contribution in [2.75, 3.05) is 24.5 Å². The molecule has 180 valence electrons. The Morgan fingerprint density at radius 2 is 1.71 bits per heavy atom. The zero-order valence-corrected chi connectivity index (χ0v) is 19.0. The molecule has 1 spiro atoms. The molecular weight excluding hydrogens is 478 g/mol. The minimum Gasteiger partial charge on any atom is -0.337 e. The smallest absolute Gasteiger partial charge is 0.337 e. The van der Waals surface area contributed by atoms with E-state index >= 15 is 0 Å². The van der Waals surface area contributed by atoms with Crippen LogP contribution < -0.4 is 4.90 Å². The van der Waals surface area contributed by atoms with E-state index in [0.717, 1.165) is 23.1 Å². The second-order valence-corrected chi connectivity index (χ2v) is 8.89. The number of nitrogens with zero attached hydrogens (tertiary/aromatic N) is 3. The molecule has 0 saturated carbocycles. The third-order valence-electron chi connectivity index (χ3n) is 6.32. The third-order valence-corrected chi connectivity index (χ3v) is 6.56. The van der Waals surface area contributed by atoms with E-state index in [-0.39, 0.29) is 29.7 Å². The summed E-state index contributed by atoms with van der Waals surface area (Å²) in [4.78, 5) is 42.6. The highest BCUT2D eigenvalue weighted by atomic mass is 35.5. The fraction of sp³-hybridized carbons (Fsp3) is 0.348. The normalized spacial score (nSPS) is 18.9. The summed E-state index contributed by atoms with van der Waals surface area (Å²) in [6, 6.07) is 7.28. The van der Waals surface area contributed by atoms with Crippen molar-refractivity contribution in [2.45, 2.75) is 31.6 Å². The summed E-state index contributed by atoms with van der Waals surface area (Å²) in [5.41, 5.74) is -2.05. The molecule has 2 aliphatic rings. The van der Waals surface area contributed by atoms with Crippen molar-refractivity contribution in [3.8, 4) is 0 Å². The van der Waals surface area contributed by atoms with Gasteiger partial charge in [-0.15, -0.1) is 0 Å². The maximum Gasteiger partial charge on any atom is 0.416 e. The lowest BCUT2D eigenvalue weighted by atomic mass is 9.81. The average molecular weight is 498 g/mol. The molecule has 3 amide bonds. The minimum absolute atomic E-state index is 0.108. The number of alkyl halides is 3. The molecule has 34 heavy (non-hydrogen) atoms. The van der Waals surface area contributed by atoms with Crippen LogP contribution in [0.2, 0.25) is 5.02 Å². The minimum atomic E-state index is -4.51. The molecule has 2 heterocycles. The first-order valence-electron chi connectivity index (χ1n) is 10.4. The summed E-state index contributed by atoms with van der Waals surface area (Å²) >= 11 is 5.81. The van der Waals surface area contributed by atoms with E-state index in [2.05, 4.69) is 0 Å². The van der Waals surface area contributed by atoms with Crippen LogP contribution in [0.5, 0.6) is 0 Å². The molecule has 0 aliphatic carbocycles. The topological polar surface area (TPSA) is 60.9 Å². The van der Waals surface area contributed by atoms with Gasteiger partial charge < -0.3 is 9.80 Å². The number of rotatable bonds is 3. The van der Waals surface area contributed by atoms with E-state index in [1.165, 1.54) is 41.0 Å². The first-order chi connectivity index (χ1) is 15.8. The van der Waals surface area contributed by atoms with Crippen LogP contribution in [-0.2, 0) is 20.6 Å². The molecular formula is C23H20ClF4N3O3. The van der Waals surface area contributed by atoms with Crippen LogP contribution in [0, 0.1) is 5.82 Å². The Labute approximate surface area is 197 Å². The van der Waals surface area contributed by atoms with Crippen molar-refractivity contribution < 1.29 is 31.9 Å². The van der Waals surface area contributed by atoms with E-state index < -0.39 is 47.5 Å². The predicted molar refractivity (Wildman–Crippen MR) is 115 cm³/mol. The van der Waals surface area contributed by atoms with Gasteiger partial charge in [0.15, 0.2) is 5.54 Å². The van der Waals surface area contributed by atoms with Crippen LogP contribution in [0.15, 0.2) is 42.5 Å². The van der Waals surface area contributed by atoms with Crippen LogP contribution in [0.1, 0.15) is 31.0 Å². The number of carbonyl (C=O) groups is 3. The molecule has 1 atom stereocenters. The van der Waals surface area contributed by atoms with Crippen molar-refractivity contribution in [1.29, 1.82) is 0 Å². The Balaban J connectivity index is 1.72. The van der Waals surface area contributed by atoms with Crippen molar-refractivity contribution in [3.05, 3.63) is 64.4 Å². The molecule has 0 radical (unpaired) electrons. The molecule has 4 rings (SSSR count). The van der Waals surface area contributed by atoms with Gasteiger partial charge in [0.1, 0.15) is 12.4 Å². The van der Waals surface area contributed by atoms with E-state index in [1.54, 1.807) is 6.92 Å². The average Bonchev–Trinajstić information content (AvgIpc) is 2.72. The highest BCUT2D eigenvalue weighted by molar-refractivity contribution is 6.30. The van der Waals surface area contributed by atoms with Gasteiger partial charge in [-0.05, 0) is 42.8 Å². The van der Waals surface area contributed by atoms with Gasteiger partial charge in [-0.25, -0.2) is 4.39 Å². The van der Waals surface area contributed by atoms with Crippen molar-refractivity contribution in [2.24, 2.45) is 0 Å². The maximum atomic E-state index is 14.6. The number of hydrogen-bond acceptors (Lipinski definition) is 3. The molecule has 2 saturated heterocycles. The molecule has 2 aromatic rings. The van der Waals surface area contributed by atoms with Gasteiger partial charge in [-0.2, -0.15) is 13.2 Å². The highest BCUT2D eigenvalue weighted by Crippen LogP contribution is 2.41. The molecule has 2 aromatic carbocycles. The van der Waals surface area contributed by atoms with Crippen molar-refractivity contribution in [1.82, 2.24) is 9.80 Å². The number of piperazine rings is 1. The van der Waals surface area contributed by atoms with Crippen LogP contribution in [-0.4, -0.2) is 52.7 Å². The van der Waals surface area contributed by atoms with E-state index in [9.17, 15) is 31.9 Å². The van der Waals surface area contributed by atoms with Crippen molar-refractivity contribution >= 4 is 35.0 Å². The second kappa shape index (κ2) is 8.26. The summed E-state index contributed by atoms with van der Waals surface area (Å²) in [7, 11) is 0. The molecule has 0 N–H and O–H groups in total. The van der Waals surface area contributed by atoms with Crippen LogP contribution in [0.25, 0.3) is 0 Å². The number of halogens is 5. The first kappa shape index (κ1) is 24.0. The zero-order chi connectivity index (χ0) is 25.0. The Morgan fingerprint density at radius 1 is 1.09 bits per heavy atom. The van der Waals surface area contributed by atoms with Gasteiger partial charge in [-0.3, -0.25) is 19.3 Å². The van der Waals surface area contributed by atoms with Gasteiger partial charge in [-0.1, -0.05) is 23.7 Å². The fourth-order valence-electron chi connectivity index (χ4n) is 4.55. The lowest BCUT2D eigenvalue weighted by molar-refractivity contribution is -0.172. The van der Waals surface area contributed by atoms with E-state index in [1.807, 2.05) is 0 Å².